The van der Waals surface area contributed by atoms with Gasteiger partial charge in [0.15, 0.2) is 12.2 Å². The highest BCUT2D eigenvalue weighted by Crippen LogP contribution is 2.42. The molecular weight excluding hydrogens is 837 g/mol. The first-order chi connectivity index (χ1) is 31.8. The number of pyridine rings is 1. The van der Waals surface area contributed by atoms with Gasteiger partial charge in [0.05, 0.1) is 0 Å². The lowest BCUT2D eigenvalue weighted by Gasteiger charge is -2.49. The zero-order valence-electron chi connectivity index (χ0n) is 35.3. The van der Waals surface area contributed by atoms with Crippen molar-refractivity contribution in [3.05, 3.63) is 227 Å². The number of benzene rings is 5. The molecule has 6 aromatic rings. The van der Waals surface area contributed by atoms with E-state index in [2.05, 4.69) is 15.6 Å². The number of allylic oxidation sites excluding steroid dienone is 1. The van der Waals surface area contributed by atoms with E-state index in [9.17, 15) is 24.0 Å². The standard InChI is InChI=1S/C53H46N4O7S/c58-44(30-16-29-43(55-49(59)41-27-14-5-15-28-41)52(61)63-47(37-19-6-1-7-20-37)38-21-8-2-9-22-38)56-45-50(60)57-46(42(35-65-51(45)57)32-31-36-18-17-33-54-34-36)53(62)64-48(39-23-10-3-11-24-39)40-25-12-4-13-26-40/h1-15,17-28,31-34,43,45,47-48,51H,16,29-30,35H2,(H,55,59)(H,56,58)/t43?,45?,51-/m1/s1. The van der Waals surface area contributed by atoms with E-state index in [1.165, 1.54) is 16.7 Å². The molecule has 0 radical (unpaired) electrons. The second kappa shape index (κ2) is 21.2. The topological polar surface area (TPSA) is 144 Å². The molecule has 3 heterocycles. The van der Waals surface area contributed by atoms with Crippen LogP contribution in [0.25, 0.3) is 6.08 Å². The van der Waals surface area contributed by atoms with Crippen molar-refractivity contribution >= 4 is 47.5 Å². The number of carbonyl (C=O) groups is 5. The Morgan fingerprint density at radius 1 is 0.692 bits per heavy atom. The Kier molecular flexibility index (Phi) is 14.4. The fourth-order valence-corrected chi connectivity index (χ4v) is 9.07. The predicted octanol–water partition coefficient (Wildman–Crippen LogP) is 8.38. The first-order valence-corrected chi connectivity index (χ1v) is 22.4. The minimum atomic E-state index is -1.09. The molecule has 8 rings (SSSR count). The molecule has 5 aromatic carbocycles. The molecule has 0 saturated carbocycles. The van der Waals surface area contributed by atoms with E-state index >= 15 is 0 Å². The fraction of sp³-hybridized carbons (Fsp3) is 0.170. The molecule has 12 heteroatoms. The summed E-state index contributed by atoms with van der Waals surface area (Å²) in [7, 11) is 0. The van der Waals surface area contributed by atoms with E-state index in [0.717, 1.165) is 27.8 Å². The maximum Gasteiger partial charge on any atom is 0.356 e. The van der Waals surface area contributed by atoms with Gasteiger partial charge in [0, 0.05) is 30.1 Å². The Labute approximate surface area is 381 Å². The molecule has 3 atom stereocenters. The number of ether oxygens (including phenoxy) is 2. The van der Waals surface area contributed by atoms with Gasteiger partial charge < -0.3 is 20.1 Å². The maximum atomic E-state index is 14.4. The minimum Gasteiger partial charge on any atom is -0.451 e. The van der Waals surface area contributed by atoms with Gasteiger partial charge in [0.2, 0.25) is 5.91 Å². The maximum absolute atomic E-state index is 14.4. The van der Waals surface area contributed by atoms with E-state index in [-0.39, 0.29) is 25.0 Å². The van der Waals surface area contributed by atoms with Crippen LogP contribution in [-0.4, -0.2) is 62.8 Å². The second-order valence-corrected chi connectivity index (χ2v) is 16.6. The number of esters is 2. The predicted molar refractivity (Wildman–Crippen MR) is 249 cm³/mol. The lowest BCUT2D eigenvalue weighted by molar-refractivity contribution is -0.154. The monoisotopic (exact) mass is 882 g/mol. The van der Waals surface area contributed by atoms with Gasteiger partial charge in [0.25, 0.3) is 11.8 Å². The SMILES string of the molecule is O=C(CCCC(NC(=O)c1ccccc1)C(=O)OC(c1ccccc1)c1ccccc1)NC1C(=O)N2C(C(=O)OC(c3ccccc3)c3ccccc3)=C(C=Cc3cccnc3)CS[C@H]12. The van der Waals surface area contributed by atoms with Crippen molar-refractivity contribution in [2.45, 2.75) is 48.9 Å². The quantitative estimate of drug-likeness (QED) is 0.0682. The summed E-state index contributed by atoms with van der Waals surface area (Å²) >= 11 is 1.43. The highest BCUT2D eigenvalue weighted by atomic mass is 32.2. The number of hydrogen-bond acceptors (Lipinski definition) is 9. The van der Waals surface area contributed by atoms with Crippen LogP contribution in [0.4, 0.5) is 0 Å². The molecule has 65 heavy (non-hydrogen) atoms. The number of nitrogens with one attached hydrogen (secondary N) is 2. The van der Waals surface area contributed by atoms with E-state index in [1.54, 1.807) is 48.8 Å². The molecule has 2 aliphatic heterocycles. The summed E-state index contributed by atoms with van der Waals surface area (Å²) in [6, 6.07) is 47.7. The van der Waals surface area contributed by atoms with Gasteiger partial charge in [-0.2, -0.15) is 0 Å². The minimum absolute atomic E-state index is 0.0490. The molecule has 0 aliphatic carbocycles. The number of thioether (sulfide) groups is 1. The third-order valence-corrected chi connectivity index (χ3v) is 12.4. The lowest BCUT2D eigenvalue weighted by atomic mass is 10.00. The number of amides is 3. The van der Waals surface area contributed by atoms with E-state index in [4.69, 9.17) is 9.47 Å². The summed E-state index contributed by atoms with van der Waals surface area (Å²) in [6.07, 6.45) is 5.74. The Hall–Kier alpha value is -7.57. The number of aromatic nitrogens is 1. The van der Waals surface area contributed by atoms with Crippen LogP contribution in [0.15, 0.2) is 194 Å². The van der Waals surface area contributed by atoms with Gasteiger partial charge in [-0.3, -0.25) is 24.3 Å². The van der Waals surface area contributed by atoms with Crippen molar-refractivity contribution in [2.75, 3.05) is 5.75 Å². The summed E-state index contributed by atoms with van der Waals surface area (Å²) in [5.74, 6) is -2.29. The molecule has 1 fully saturated rings. The molecule has 2 unspecified atom stereocenters. The van der Waals surface area contributed by atoms with Gasteiger partial charge in [-0.05, 0) is 64.4 Å². The number of rotatable bonds is 17. The zero-order chi connectivity index (χ0) is 45.0. The number of fused-ring (bicyclic) bond motifs is 1. The normalized spacial score (nSPS) is 16.1. The second-order valence-electron chi connectivity index (χ2n) is 15.5. The average Bonchev–Trinajstić information content (AvgIpc) is 3.36. The smallest absolute Gasteiger partial charge is 0.356 e. The van der Waals surface area contributed by atoms with Crippen LogP contribution in [0.3, 0.4) is 0 Å². The Morgan fingerprint density at radius 2 is 1.23 bits per heavy atom. The highest BCUT2D eigenvalue weighted by Gasteiger charge is 2.54. The number of hydrogen-bond donors (Lipinski definition) is 2. The van der Waals surface area contributed by atoms with E-state index in [1.807, 2.05) is 140 Å². The molecule has 2 N–H and O–H groups in total. The van der Waals surface area contributed by atoms with Gasteiger partial charge in [-0.15, -0.1) is 11.8 Å². The van der Waals surface area contributed by atoms with Gasteiger partial charge in [-0.1, -0.05) is 158 Å². The molecule has 2 aliphatic rings. The van der Waals surface area contributed by atoms with Crippen molar-refractivity contribution in [3.8, 4) is 0 Å². The van der Waals surface area contributed by atoms with Crippen molar-refractivity contribution < 1.29 is 33.4 Å². The van der Waals surface area contributed by atoms with Crippen LogP contribution in [0.5, 0.6) is 0 Å². The zero-order valence-corrected chi connectivity index (χ0v) is 36.1. The van der Waals surface area contributed by atoms with Crippen LogP contribution >= 0.6 is 11.8 Å². The van der Waals surface area contributed by atoms with Crippen LogP contribution in [0.2, 0.25) is 0 Å². The highest BCUT2D eigenvalue weighted by molar-refractivity contribution is 8.00. The summed E-state index contributed by atoms with van der Waals surface area (Å²) < 4.78 is 12.4. The molecular formula is C53H46N4O7S. The molecule has 0 bridgehead atoms. The third kappa shape index (κ3) is 10.8. The first-order valence-electron chi connectivity index (χ1n) is 21.4. The summed E-state index contributed by atoms with van der Waals surface area (Å²) in [4.78, 5) is 75.0. The van der Waals surface area contributed by atoms with E-state index in [0.29, 0.717) is 16.9 Å². The van der Waals surface area contributed by atoms with E-state index < -0.39 is 59.3 Å². The third-order valence-electron chi connectivity index (χ3n) is 11.1. The molecule has 326 valence electrons. The van der Waals surface area contributed by atoms with Crippen LogP contribution < -0.4 is 10.6 Å². The van der Waals surface area contributed by atoms with Crippen LogP contribution in [-0.2, 0) is 28.7 Å². The van der Waals surface area contributed by atoms with Crippen molar-refractivity contribution in [2.24, 2.45) is 0 Å². The molecule has 1 aromatic heterocycles. The Bertz CT molecular complexity index is 2570. The lowest BCUT2D eigenvalue weighted by Crippen LogP contribution is -2.70. The van der Waals surface area contributed by atoms with Gasteiger partial charge in [0.1, 0.15) is 23.2 Å². The first kappa shape index (κ1) is 44.1. The Morgan fingerprint density at radius 3 is 1.77 bits per heavy atom. The average molecular weight is 883 g/mol. The molecule has 1 saturated heterocycles. The largest absolute Gasteiger partial charge is 0.451 e. The van der Waals surface area contributed by atoms with Crippen molar-refractivity contribution in [1.29, 1.82) is 0 Å². The van der Waals surface area contributed by atoms with Crippen LogP contribution in [0, 0.1) is 0 Å². The van der Waals surface area contributed by atoms with Crippen LogP contribution in [0.1, 0.15) is 69.6 Å². The number of β-lactam (4-membered cyclic amide) rings is 1. The summed E-state index contributed by atoms with van der Waals surface area (Å²) in [5.41, 5.74) is 4.94. The van der Waals surface area contributed by atoms with Crippen molar-refractivity contribution in [1.82, 2.24) is 20.5 Å². The number of nitrogens with zero attached hydrogens (tertiary/aromatic N) is 2. The molecule has 11 nitrogen and oxygen atoms in total. The summed E-state index contributed by atoms with van der Waals surface area (Å²) in [5, 5.41) is 5.14. The van der Waals surface area contributed by atoms with Gasteiger partial charge in [-0.25, -0.2) is 9.59 Å². The van der Waals surface area contributed by atoms with Crippen molar-refractivity contribution in [3.63, 3.8) is 0 Å². The van der Waals surface area contributed by atoms with Gasteiger partial charge >= 0.3 is 11.9 Å². The fourth-order valence-electron chi connectivity index (χ4n) is 7.75. The summed E-state index contributed by atoms with van der Waals surface area (Å²) in [6.45, 7) is 0. The molecule has 0 spiro atoms. The number of carbonyl (C=O) groups excluding carboxylic acids is 5. The Balaban J connectivity index is 0.967. The molecule has 3 amide bonds.